The van der Waals surface area contributed by atoms with Crippen LogP contribution in [0.15, 0.2) is 24.3 Å². The summed E-state index contributed by atoms with van der Waals surface area (Å²) in [6.45, 7) is 1.73. The SMILES string of the molecule is CS(=O)(=O)O.Cn1nc(-c2ccccc2F)c2c1CCNC2. The Hall–Kier alpha value is -1.77. The summed E-state index contributed by atoms with van der Waals surface area (Å²) >= 11 is 0. The van der Waals surface area contributed by atoms with Gasteiger partial charge in [0.15, 0.2) is 0 Å². The van der Waals surface area contributed by atoms with Crippen molar-refractivity contribution in [2.75, 3.05) is 12.8 Å². The second kappa shape index (κ2) is 6.55. The van der Waals surface area contributed by atoms with E-state index in [0.717, 1.165) is 30.8 Å². The predicted molar refractivity (Wildman–Crippen MR) is 81.5 cm³/mol. The summed E-state index contributed by atoms with van der Waals surface area (Å²) in [5.41, 5.74) is 3.70. The van der Waals surface area contributed by atoms with E-state index in [0.29, 0.717) is 11.8 Å². The fraction of sp³-hybridized carbons (Fsp3) is 0.357. The monoisotopic (exact) mass is 327 g/mol. The molecule has 1 aromatic heterocycles. The Morgan fingerprint density at radius 2 is 2.00 bits per heavy atom. The van der Waals surface area contributed by atoms with Gasteiger partial charge in [-0.3, -0.25) is 9.23 Å². The molecule has 0 saturated carbocycles. The molecule has 3 rings (SSSR count). The molecule has 8 heteroatoms. The number of hydrogen-bond donors (Lipinski definition) is 2. The summed E-state index contributed by atoms with van der Waals surface area (Å²) in [4.78, 5) is 0. The molecule has 0 unspecified atom stereocenters. The maximum atomic E-state index is 13.8. The van der Waals surface area contributed by atoms with Gasteiger partial charge >= 0.3 is 0 Å². The molecule has 2 N–H and O–H groups in total. The highest BCUT2D eigenvalue weighted by molar-refractivity contribution is 7.85. The summed E-state index contributed by atoms with van der Waals surface area (Å²) in [6.07, 6.45) is 1.67. The molecule has 1 aliphatic rings. The first kappa shape index (κ1) is 16.6. The van der Waals surface area contributed by atoms with Crippen LogP contribution >= 0.6 is 0 Å². The Bertz CT molecular complexity index is 764. The molecule has 0 amide bonds. The molecule has 0 atom stereocenters. The molecule has 0 radical (unpaired) electrons. The number of halogens is 1. The summed E-state index contributed by atoms with van der Waals surface area (Å²) in [5, 5.41) is 7.77. The van der Waals surface area contributed by atoms with Crippen molar-refractivity contribution in [3.63, 3.8) is 0 Å². The Morgan fingerprint density at radius 1 is 1.36 bits per heavy atom. The molecule has 2 aromatic rings. The minimum Gasteiger partial charge on any atom is -0.312 e. The van der Waals surface area contributed by atoms with Crippen LogP contribution < -0.4 is 5.32 Å². The van der Waals surface area contributed by atoms with Gasteiger partial charge in [-0.25, -0.2) is 4.39 Å². The summed E-state index contributed by atoms with van der Waals surface area (Å²) < 4.78 is 41.5. The molecule has 6 nitrogen and oxygen atoms in total. The summed E-state index contributed by atoms with van der Waals surface area (Å²) in [6, 6.07) is 6.81. The average molecular weight is 327 g/mol. The van der Waals surface area contributed by atoms with Gasteiger partial charge in [0.25, 0.3) is 10.1 Å². The second-order valence-corrected chi connectivity index (χ2v) is 6.50. The summed E-state index contributed by atoms with van der Waals surface area (Å²) in [7, 11) is -1.74. The highest BCUT2D eigenvalue weighted by Gasteiger charge is 2.21. The van der Waals surface area contributed by atoms with E-state index in [2.05, 4.69) is 10.4 Å². The van der Waals surface area contributed by atoms with Crippen LogP contribution in [0.4, 0.5) is 4.39 Å². The highest BCUT2D eigenvalue weighted by atomic mass is 32.2. The molecule has 1 aliphatic heterocycles. The van der Waals surface area contributed by atoms with E-state index in [4.69, 9.17) is 4.55 Å². The van der Waals surface area contributed by atoms with Crippen molar-refractivity contribution in [1.82, 2.24) is 15.1 Å². The molecule has 0 fully saturated rings. The number of hydrogen-bond acceptors (Lipinski definition) is 4. The van der Waals surface area contributed by atoms with Crippen LogP contribution in [0, 0.1) is 5.82 Å². The smallest absolute Gasteiger partial charge is 0.261 e. The molecule has 0 aliphatic carbocycles. The second-order valence-electron chi connectivity index (χ2n) is 5.04. The van der Waals surface area contributed by atoms with Crippen molar-refractivity contribution in [2.24, 2.45) is 7.05 Å². The van der Waals surface area contributed by atoms with E-state index >= 15 is 0 Å². The van der Waals surface area contributed by atoms with Crippen molar-refractivity contribution in [3.05, 3.63) is 41.3 Å². The summed E-state index contributed by atoms with van der Waals surface area (Å²) in [5.74, 6) is -0.209. The number of aromatic nitrogens is 2. The topological polar surface area (TPSA) is 84.2 Å². The first-order valence-electron chi connectivity index (χ1n) is 6.70. The fourth-order valence-electron chi connectivity index (χ4n) is 2.39. The van der Waals surface area contributed by atoms with Crippen molar-refractivity contribution >= 4 is 10.1 Å². The Labute approximate surface area is 128 Å². The third-order valence-corrected chi connectivity index (χ3v) is 3.24. The fourth-order valence-corrected chi connectivity index (χ4v) is 2.39. The molecule has 0 spiro atoms. The molecule has 2 heterocycles. The van der Waals surface area contributed by atoms with Gasteiger partial charge in [0.2, 0.25) is 0 Å². The van der Waals surface area contributed by atoms with Crippen LogP contribution in [-0.2, 0) is 30.1 Å². The van der Waals surface area contributed by atoms with E-state index < -0.39 is 10.1 Å². The van der Waals surface area contributed by atoms with E-state index in [-0.39, 0.29) is 5.82 Å². The zero-order chi connectivity index (χ0) is 16.3. The van der Waals surface area contributed by atoms with Crippen LogP contribution in [0.5, 0.6) is 0 Å². The van der Waals surface area contributed by atoms with Gasteiger partial charge in [0, 0.05) is 43.4 Å². The molecule has 22 heavy (non-hydrogen) atoms. The largest absolute Gasteiger partial charge is 0.312 e. The predicted octanol–water partition coefficient (Wildman–Crippen LogP) is 1.38. The third kappa shape index (κ3) is 4.12. The van der Waals surface area contributed by atoms with Crippen molar-refractivity contribution in [3.8, 4) is 11.3 Å². The van der Waals surface area contributed by atoms with Crippen molar-refractivity contribution < 1.29 is 17.4 Å². The Kier molecular flexibility index (Phi) is 4.94. The van der Waals surface area contributed by atoms with Crippen LogP contribution in [0.1, 0.15) is 11.3 Å². The minimum absolute atomic E-state index is 0.209. The maximum absolute atomic E-state index is 13.8. The van der Waals surface area contributed by atoms with Gasteiger partial charge in [0.05, 0.1) is 11.9 Å². The number of aryl methyl sites for hydroxylation is 1. The molecule has 1 aromatic carbocycles. The minimum atomic E-state index is -3.67. The van der Waals surface area contributed by atoms with Crippen LogP contribution in [0.3, 0.4) is 0 Å². The molecular formula is C14H18FN3O3S. The van der Waals surface area contributed by atoms with Crippen LogP contribution in [0.25, 0.3) is 11.3 Å². The lowest BCUT2D eigenvalue weighted by Crippen LogP contribution is -2.24. The number of nitrogens with zero attached hydrogens (tertiary/aromatic N) is 2. The van der Waals surface area contributed by atoms with E-state index in [9.17, 15) is 12.8 Å². The van der Waals surface area contributed by atoms with Crippen LogP contribution in [0.2, 0.25) is 0 Å². The molecule has 0 saturated heterocycles. The first-order valence-corrected chi connectivity index (χ1v) is 8.55. The standard InChI is InChI=1S/C13H14FN3.CH4O3S/c1-17-12-6-7-15-8-10(12)13(16-17)9-4-2-3-5-11(9)14;1-5(2,3)4/h2-5,15H,6-8H2,1H3;1H3,(H,2,3,4). The van der Waals surface area contributed by atoms with Crippen LogP contribution in [-0.4, -0.2) is 35.6 Å². The van der Waals surface area contributed by atoms with E-state index in [1.807, 2.05) is 17.8 Å². The van der Waals surface area contributed by atoms with Gasteiger partial charge in [-0.1, -0.05) is 12.1 Å². The van der Waals surface area contributed by atoms with Gasteiger partial charge < -0.3 is 5.32 Å². The first-order chi connectivity index (χ1) is 10.3. The van der Waals surface area contributed by atoms with Gasteiger partial charge in [0.1, 0.15) is 5.82 Å². The Morgan fingerprint density at radius 3 is 2.64 bits per heavy atom. The lowest BCUT2D eigenvalue weighted by atomic mass is 10.0. The lowest BCUT2D eigenvalue weighted by Gasteiger charge is -2.14. The maximum Gasteiger partial charge on any atom is 0.261 e. The lowest BCUT2D eigenvalue weighted by molar-refractivity contribution is 0.490. The van der Waals surface area contributed by atoms with Crippen molar-refractivity contribution in [2.45, 2.75) is 13.0 Å². The number of fused-ring (bicyclic) bond motifs is 1. The van der Waals surface area contributed by atoms with Gasteiger partial charge in [-0.05, 0) is 12.1 Å². The molecule has 0 bridgehead atoms. The molecular weight excluding hydrogens is 309 g/mol. The highest BCUT2D eigenvalue weighted by Crippen LogP contribution is 2.28. The average Bonchev–Trinajstić information content (AvgIpc) is 2.76. The molecule has 120 valence electrons. The zero-order valence-corrected chi connectivity index (χ0v) is 13.2. The van der Waals surface area contributed by atoms with Gasteiger partial charge in [-0.2, -0.15) is 13.5 Å². The van der Waals surface area contributed by atoms with Gasteiger partial charge in [-0.15, -0.1) is 0 Å². The van der Waals surface area contributed by atoms with Crippen molar-refractivity contribution in [1.29, 1.82) is 0 Å². The zero-order valence-electron chi connectivity index (χ0n) is 12.4. The quantitative estimate of drug-likeness (QED) is 0.773. The number of benzene rings is 1. The van der Waals surface area contributed by atoms with E-state index in [1.54, 1.807) is 12.1 Å². The third-order valence-electron chi connectivity index (χ3n) is 3.24. The number of rotatable bonds is 1. The normalized spacial score (nSPS) is 14.0. The number of nitrogens with one attached hydrogen (secondary N) is 1. The Balaban J connectivity index is 0.000000309. The van der Waals surface area contributed by atoms with E-state index in [1.165, 1.54) is 11.8 Å².